The van der Waals surface area contributed by atoms with Crippen molar-refractivity contribution in [2.24, 2.45) is 0 Å². The van der Waals surface area contributed by atoms with E-state index in [2.05, 4.69) is 0 Å². The quantitative estimate of drug-likeness (QED) is 0.344. The average molecular weight is 431 g/mol. The number of nitrogens with zero attached hydrogens (tertiary/aromatic N) is 1. The van der Waals surface area contributed by atoms with Crippen LogP contribution in [-0.4, -0.2) is 23.4 Å². The first-order valence-corrected chi connectivity index (χ1v) is 10.3. The van der Waals surface area contributed by atoms with E-state index in [4.69, 9.17) is 4.74 Å². The van der Waals surface area contributed by atoms with Gasteiger partial charge in [0, 0.05) is 11.3 Å². The van der Waals surface area contributed by atoms with Gasteiger partial charge in [-0.05, 0) is 67.4 Å². The SMILES string of the molecule is CCOc1cccc(C2/C(=C(/O)c3ccc(F)cc3)C(=O)C(=O)N2c2ccccc2C)c1. The van der Waals surface area contributed by atoms with Crippen molar-refractivity contribution in [3.8, 4) is 5.75 Å². The minimum Gasteiger partial charge on any atom is -0.507 e. The third-order valence-corrected chi connectivity index (χ3v) is 5.42. The van der Waals surface area contributed by atoms with Crippen LogP contribution in [0.3, 0.4) is 0 Å². The highest BCUT2D eigenvalue weighted by molar-refractivity contribution is 6.51. The summed E-state index contributed by atoms with van der Waals surface area (Å²) >= 11 is 0. The molecule has 162 valence electrons. The molecule has 0 aromatic heterocycles. The van der Waals surface area contributed by atoms with E-state index in [1.54, 1.807) is 36.4 Å². The van der Waals surface area contributed by atoms with Crippen molar-refractivity contribution in [1.82, 2.24) is 0 Å². The third-order valence-electron chi connectivity index (χ3n) is 5.42. The Balaban J connectivity index is 1.96. The molecule has 1 unspecified atom stereocenters. The van der Waals surface area contributed by atoms with Gasteiger partial charge in [-0.15, -0.1) is 0 Å². The van der Waals surface area contributed by atoms with Gasteiger partial charge in [-0.1, -0.05) is 30.3 Å². The number of carbonyl (C=O) groups excluding carboxylic acids is 2. The lowest BCUT2D eigenvalue weighted by Crippen LogP contribution is -2.30. The van der Waals surface area contributed by atoms with E-state index in [1.807, 2.05) is 26.0 Å². The Hall–Kier alpha value is -3.93. The van der Waals surface area contributed by atoms with Gasteiger partial charge in [0.05, 0.1) is 18.2 Å². The molecule has 3 aromatic rings. The number of hydrogen-bond acceptors (Lipinski definition) is 4. The second kappa shape index (κ2) is 8.67. The fourth-order valence-electron chi connectivity index (χ4n) is 3.93. The van der Waals surface area contributed by atoms with Crippen molar-refractivity contribution >= 4 is 23.1 Å². The van der Waals surface area contributed by atoms with Crippen LogP contribution < -0.4 is 9.64 Å². The number of anilines is 1. The molecule has 1 fully saturated rings. The minimum atomic E-state index is -0.874. The van der Waals surface area contributed by atoms with E-state index < -0.39 is 23.5 Å². The maximum absolute atomic E-state index is 13.4. The van der Waals surface area contributed by atoms with E-state index in [-0.39, 0.29) is 16.9 Å². The number of halogens is 1. The summed E-state index contributed by atoms with van der Waals surface area (Å²) in [5, 5.41) is 11.1. The minimum absolute atomic E-state index is 0.0569. The second-order valence-electron chi connectivity index (χ2n) is 7.47. The van der Waals surface area contributed by atoms with Crippen molar-refractivity contribution in [3.63, 3.8) is 0 Å². The monoisotopic (exact) mass is 431 g/mol. The van der Waals surface area contributed by atoms with E-state index in [0.29, 0.717) is 23.6 Å². The molecule has 1 heterocycles. The molecule has 6 heteroatoms. The molecule has 1 N–H and O–H groups in total. The summed E-state index contributed by atoms with van der Waals surface area (Å²) in [6, 6.07) is 18.6. The molecule has 4 rings (SSSR count). The molecule has 1 atom stereocenters. The topological polar surface area (TPSA) is 66.8 Å². The van der Waals surface area contributed by atoms with Crippen LogP contribution in [0.25, 0.3) is 5.76 Å². The first-order chi connectivity index (χ1) is 15.4. The predicted molar refractivity (Wildman–Crippen MR) is 120 cm³/mol. The van der Waals surface area contributed by atoms with Gasteiger partial charge in [-0.3, -0.25) is 14.5 Å². The van der Waals surface area contributed by atoms with Crippen LogP contribution in [0.1, 0.15) is 29.7 Å². The summed E-state index contributed by atoms with van der Waals surface area (Å²) in [5.41, 5.74) is 2.18. The molecule has 1 saturated heterocycles. The van der Waals surface area contributed by atoms with Crippen LogP contribution in [0, 0.1) is 12.7 Å². The molecule has 0 bridgehead atoms. The van der Waals surface area contributed by atoms with Gasteiger partial charge in [0.15, 0.2) is 0 Å². The second-order valence-corrected chi connectivity index (χ2v) is 7.47. The number of para-hydroxylation sites is 1. The maximum atomic E-state index is 13.4. The average Bonchev–Trinajstić information content (AvgIpc) is 3.05. The molecule has 0 saturated carbocycles. The van der Waals surface area contributed by atoms with Crippen LogP contribution in [0.2, 0.25) is 0 Å². The van der Waals surface area contributed by atoms with Gasteiger partial charge in [0.25, 0.3) is 11.7 Å². The number of aliphatic hydroxyl groups is 1. The number of rotatable bonds is 5. The van der Waals surface area contributed by atoms with Gasteiger partial charge in [-0.25, -0.2) is 4.39 Å². The van der Waals surface area contributed by atoms with Gasteiger partial charge in [-0.2, -0.15) is 0 Å². The van der Waals surface area contributed by atoms with Crippen molar-refractivity contribution in [2.45, 2.75) is 19.9 Å². The van der Waals surface area contributed by atoms with Gasteiger partial charge >= 0.3 is 0 Å². The van der Waals surface area contributed by atoms with Crippen molar-refractivity contribution < 1.29 is 23.8 Å². The molecule has 1 amide bonds. The van der Waals surface area contributed by atoms with E-state index in [0.717, 1.165) is 5.56 Å². The van der Waals surface area contributed by atoms with Crippen molar-refractivity contribution in [3.05, 3.63) is 101 Å². The molecule has 0 radical (unpaired) electrons. The Bertz CT molecular complexity index is 1220. The normalized spacial score (nSPS) is 17.6. The van der Waals surface area contributed by atoms with Crippen LogP contribution in [0.4, 0.5) is 10.1 Å². The number of ether oxygens (including phenoxy) is 1. The first-order valence-electron chi connectivity index (χ1n) is 10.3. The van der Waals surface area contributed by atoms with Gasteiger partial charge in [0.1, 0.15) is 17.3 Å². The van der Waals surface area contributed by atoms with Crippen LogP contribution in [-0.2, 0) is 9.59 Å². The molecule has 1 aliphatic rings. The molecule has 1 aliphatic heterocycles. The number of aliphatic hydroxyl groups excluding tert-OH is 1. The molecule has 0 spiro atoms. The number of ketones is 1. The lowest BCUT2D eigenvalue weighted by molar-refractivity contribution is -0.132. The highest BCUT2D eigenvalue weighted by Crippen LogP contribution is 2.43. The van der Waals surface area contributed by atoms with E-state index in [9.17, 15) is 19.1 Å². The number of amides is 1. The summed E-state index contributed by atoms with van der Waals surface area (Å²) in [6.45, 7) is 4.17. The Morgan fingerprint density at radius 3 is 2.44 bits per heavy atom. The Labute approximate surface area is 185 Å². The van der Waals surface area contributed by atoms with E-state index >= 15 is 0 Å². The van der Waals surface area contributed by atoms with Crippen LogP contribution in [0.15, 0.2) is 78.4 Å². The zero-order chi connectivity index (χ0) is 22.8. The number of hydrogen-bond donors (Lipinski definition) is 1. The van der Waals surface area contributed by atoms with Gasteiger partial charge in [0.2, 0.25) is 0 Å². The lowest BCUT2D eigenvalue weighted by atomic mass is 9.94. The fraction of sp³-hybridized carbons (Fsp3) is 0.154. The number of benzene rings is 3. The molecule has 3 aromatic carbocycles. The maximum Gasteiger partial charge on any atom is 0.300 e. The van der Waals surface area contributed by atoms with Crippen LogP contribution in [0.5, 0.6) is 5.75 Å². The Morgan fingerprint density at radius 1 is 1.03 bits per heavy atom. The Kier molecular flexibility index (Phi) is 5.77. The summed E-state index contributed by atoms with van der Waals surface area (Å²) < 4.78 is 19.0. The summed E-state index contributed by atoms with van der Waals surface area (Å²) in [6.07, 6.45) is 0. The van der Waals surface area contributed by atoms with Gasteiger partial charge < -0.3 is 9.84 Å². The molecule has 0 aliphatic carbocycles. The standard InChI is InChI=1S/C26H22FNO4/c1-3-32-20-9-6-8-18(15-20)23-22(24(29)17-11-13-19(27)14-12-17)25(30)26(31)28(23)21-10-5-4-7-16(21)2/h4-15,23,29H,3H2,1-2H3/b24-22-. The zero-order valence-corrected chi connectivity index (χ0v) is 17.7. The number of Topliss-reactive ketones (excluding diaryl/α,β-unsaturated/α-hetero) is 1. The molecule has 32 heavy (non-hydrogen) atoms. The number of aryl methyl sites for hydroxylation is 1. The molecular formula is C26H22FNO4. The highest BCUT2D eigenvalue weighted by atomic mass is 19.1. The van der Waals surface area contributed by atoms with Crippen molar-refractivity contribution in [1.29, 1.82) is 0 Å². The molecule has 5 nitrogen and oxygen atoms in total. The van der Waals surface area contributed by atoms with Crippen LogP contribution >= 0.6 is 0 Å². The largest absolute Gasteiger partial charge is 0.507 e. The van der Waals surface area contributed by atoms with E-state index in [1.165, 1.54) is 29.2 Å². The predicted octanol–water partition coefficient (Wildman–Crippen LogP) is 5.16. The number of carbonyl (C=O) groups is 2. The molecular weight excluding hydrogens is 409 g/mol. The summed E-state index contributed by atoms with van der Waals surface area (Å²) in [7, 11) is 0. The lowest BCUT2D eigenvalue weighted by Gasteiger charge is -2.27. The zero-order valence-electron chi connectivity index (χ0n) is 17.7. The smallest absolute Gasteiger partial charge is 0.300 e. The van der Waals surface area contributed by atoms with Crippen molar-refractivity contribution in [2.75, 3.05) is 11.5 Å². The first kappa shape index (κ1) is 21.3. The highest BCUT2D eigenvalue weighted by Gasteiger charge is 2.47. The summed E-state index contributed by atoms with van der Waals surface area (Å²) in [5.74, 6) is -1.78. The summed E-state index contributed by atoms with van der Waals surface area (Å²) in [4.78, 5) is 27.8. The third kappa shape index (κ3) is 3.75. The Morgan fingerprint density at radius 2 is 1.75 bits per heavy atom. The fourth-order valence-corrected chi connectivity index (χ4v) is 3.93.